The molecule has 122 valence electrons. The van der Waals surface area contributed by atoms with Crippen molar-refractivity contribution in [2.45, 2.75) is 39.2 Å². The Kier molecular flexibility index (Phi) is 4.71. The number of likely N-dealkylation sites (tertiary alicyclic amines) is 1. The minimum Gasteiger partial charge on any atom is -0.338 e. The molecule has 1 atom stereocenters. The fourth-order valence-corrected chi connectivity index (χ4v) is 3.41. The quantitative estimate of drug-likeness (QED) is 0.856. The summed E-state index contributed by atoms with van der Waals surface area (Å²) >= 11 is 6.16. The van der Waals surface area contributed by atoms with Crippen LogP contribution in [0.3, 0.4) is 0 Å². The summed E-state index contributed by atoms with van der Waals surface area (Å²) in [5.74, 6) is 1.46. The van der Waals surface area contributed by atoms with E-state index in [1.807, 2.05) is 36.4 Å². The van der Waals surface area contributed by atoms with E-state index < -0.39 is 0 Å². The second-order valence-corrected chi connectivity index (χ2v) is 6.53. The van der Waals surface area contributed by atoms with Gasteiger partial charge in [-0.3, -0.25) is 4.79 Å². The zero-order valence-corrected chi connectivity index (χ0v) is 14.4. The van der Waals surface area contributed by atoms with Gasteiger partial charge in [-0.15, -0.1) is 0 Å². The van der Waals surface area contributed by atoms with Crippen molar-refractivity contribution in [1.29, 1.82) is 0 Å². The van der Waals surface area contributed by atoms with Crippen molar-refractivity contribution in [2.75, 3.05) is 13.1 Å². The molecule has 23 heavy (non-hydrogen) atoms. The summed E-state index contributed by atoms with van der Waals surface area (Å²) in [6.07, 6.45) is 5.94. The molecule has 5 heteroatoms. The summed E-state index contributed by atoms with van der Waals surface area (Å²) in [6, 6.07) is 5.54. The first kappa shape index (κ1) is 16.1. The molecule has 0 unspecified atom stereocenters. The van der Waals surface area contributed by atoms with Crippen molar-refractivity contribution >= 4 is 17.5 Å². The number of aromatic nitrogens is 2. The van der Waals surface area contributed by atoms with E-state index in [0.717, 1.165) is 43.9 Å². The molecule has 1 aliphatic heterocycles. The fraction of sp³-hybridized carbons (Fsp3) is 0.444. The van der Waals surface area contributed by atoms with Gasteiger partial charge >= 0.3 is 0 Å². The minimum absolute atomic E-state index is 0.0613. The van der Waals surface area contributed by atoms with Gasteiger partial charge in [0.1, 0.15) is 5.82 Å². The van der Waals surface area contributed by atoms with Gasteiger partial charge in [-0.25, -0.2) is 4.98 Å². The number of rotatable bonds is 3. The Balaban J connectivity index is 1.78. The van der Waals surface area contributed by atoms with E-state index >= 15 is 0 Å². The van der Waals surface area contributed by atoms with Gasteiger partial charge in [-0.05, 0) is 44.4 Å². The average molecular weight is 332 g/mol. The van der Waals surface area contributed by atoms with Crippen LogP contribution >= 0.6 is 11.6 Å². The van der Waals surface area contributed by atoms with Crippen molar-refractivity contribution in [2.24, 2.45) is 0 Å². The standard InChI is InChI=1S/C18H22ClN3O/c1-3-21-10-8-20-17(21)15-5-4-9-22(12-15)18(23)14-7-6-13(2)16(19)11-14/h6-8,10-11,15H,3-5,9,12H2,1-2H3/t15-/m1/s1. The highest BCUT2D eigenvalue weighted by molar-refractivity contribution is 6.31. The third-order valence-electron chi connectivity index (χ3n) is 4.58. The maximum atomic E-state index is 12.8. The number of imidazole rings is 1. The number of carbonyl (C=O) groups excluding carboxylic acids is 1. The zero-order valence-electron chi connectivity index (χ0n) is 13.6. The second kappa shape index (κ2) is 6.75. The van der Waals surface area contributed by atoms with Crippen molar-refractivity contribution in [1.82, 2.24) is 14.5 Å². The van der Waals surface area contributed by atoms with Crippen LogP contribution in [-0.2, 0) is 6.54 Å². The number of nitrogens with zero attached hydrogens (tertiary/aromatic N) is 3. The largest absolute Gasteiger partial charge is 0.338 e. The first-order valence-electron chi connectivity index (χ1n) is 8.16. The lowest BCUT2D eigenvalue weighted by molar-refractivity contribution is 0.0703. The molecule has 1 aromatic carbocycles. The Hall–Kier alpha value is -1.81. The van der Waals surface area contributed by atoms with Crippen molar-refractivity contribution < 1.29 is 4.79 Å². The molecule has 0 N–H and O–H groups in total. The van der Waals surface area contributed by atoms with Gasteiger partial charge in [0, 0.05) is 48.5 Å². The predicted octanol–water partition coefficient (Wildman–Crippen LogP) is 3.88. The van der Waals surface area contributed by atoms with Crippen LogP contribution in [0.1, 0.15) is 47.4 Å². The molecule has 0 bridgehead atoms. The van der Waals surface area contributed by atoms with Crippen molar-refractivity contribution in [3.8, 4) is 0 Å². The molecule has 0 radical (unpaired) electrons. The van der Waals surface area contributed by atoms with Gasteiger partial charge in [0.05, 0.1) is 0 Å². The summed E-state index contributed by atoms with van der Waals surface area (Å²) in [4.78, 5) is 19.2. The molecule has 3 rings (SSSR count). The molecular weight excluding hydrogens is 310 g/mol. The van der Waals surface area contributed by atoms with Crippen molar-refractivity contribution in [3.05, 3.63) is 52.6 Å². The molecule has 1 saturated heterocycles. The smallest absolute Gasteiger partial charge is 0.253 e. The van der Waals surface area contributed by atoms with Gasteiger partial charge in [0.25, 0.3) is 5.91 Å². The number of halogens is 1. The highest BCUT2D eigenvalue weighted by Gasteiger charge is 2.27. The molecule has 2 aromatic rings. The number of aryl methyl sites for hydroxylation is 2. The highest BCUT2D eigenvalue weighted by Crippen LogP contribution is 2.27. The Labute approximate surface area is 142 Å². The topological polar surface area (TPSA) is 38.1 Å². The van der Waals surface area contributed by atoms with E-state index in [1.165, 1.54) is 0 Å². The summed E-state index contributed by atoms with van der Waals surface area (Å²) in [6.45, 7) is 6.49. The third-order valence-corrected chi connectivity index (χ3v) is 4.99. The first-order chi connectivity index (χ1) is 11.1. The number of hydrogen-bond acceptors (Lipinski definition) is 2. The average Bonchev–Trinajstić information content (AvgIpc) is 3.05. The van der Waals surface area contributed by atoms with E-state index in [9.17, 15) is 4.79 Å². The highest BCUT2D eigenvalue weighted by atomic mass is 35.5. The van der Waals surface area contributed by atoms with E-state index in [2.05, 4.69) is 16.5 Å². The SMILES string of the molecule is CCn1ccnc1[C@@H]1CCCN(C(=O)c2ccc(C)c(Cl)c2)C1. The van der Waals surface area contributed by atoms with Crippen LogP contribution in [0.25, 0.3) is 0 Å². The molecule has 1 aliphatic rings. The molecule has 4 nitrogen and oxygen atoms in total. The Morgan fingerprint density at radius 3 is 3.00 bits per heavy atom. The maximum absolute atomic E-state index is 12.8. The van der Waals surface area contributed by atoms with Crippen LogP contribution in [0.15, 0.2) is 30.6 Å². The Morgan fingerprint density at radius 1 is 1.43 bits per heavy atom. The van der Waals surface area contributed by atoms with E-state index in [0.29, 0.717) is 16.5 Å². The number of benzene rings is 1. The monoisotopic (exact) mass is 331 g/mol. The summed E-state index contributed by atoms with van der Waals surface area (Å²) in [5, 5.41) is 0.644. The van der Waals surface area contributed by atoms with Gasteiger partial charge in [0.15, 0.2) is 0 Å². The van der Waals surface area contributed by atoms with E-state index in [-0.39, 0.29) is 5.91 Å². The van der Waals surface area contributed by atoms with Gasteiger partial charge in [-0.2, -0.15) is 0 Å². The van der Waals surface area contributed by atoms with Gasteiger partial charge < -0.3 is 9.47 Å². The Morgan fingerprint density at radius 2 is 2.26 bits per heavy atom. The van der Waals surface area contributed by atoms with Crippen LogP contribution < -0.4 is 0 Å². The lowest BCUT2D eigenvalue weighted by Gasteiger charge is -2.32. The lowest BCUT2D eigenvalue weighted by Crippen LogP contribution is -2.39. The van der Waals surface area contributed by atoms with E-state index in [4.69, 9.17) is 11.6 Å². The molecule has 2 heterocycles. The van der Waals surface area contributed by atoms with Crippen LogP contribution in [-0.4, -0.2) is 33.4 Å². The van der Waals surface area contributed by atoms with Crippen molar-refractivity contribution in [3.63, 3.8) is 0 Å². The molecular formula is C18H22ClN3O. The molecule has 1 aromatic heterocycles. The molecule has 0 saturated carbocycles. The Bertz CT molecular complexity index is 710. The lowest BCUT2D eigenvalue weighted by atomic mass is 9.96. The zero-order chi connectivity index (χ0) is 16.4. The van der Waals surface area contributed by atoms with Crippen LogP contribution in [0.5, 0.6) is 0 Å². The van der Waals surface area contributed by atoms with Crippen LogP contribution in [0.4, 0.5) is 0 Å². The molecule has 1 amide bonds. The summed E-state index contributed by atoms with van der Waals surface area (Å²) in [5.41, 5.74) is 1.66. The number of carbonyl (C=O) groups is 1. The third kappa shape index (κ3) is 3.27. The normalized spacial score (nSPS) is 18.2. The van der Waals surface area contributed by atoms with Gasteiger partial charge in [0.2, 0.25) is 0 Å². The molecule has 1 fully saturated rings. The number of hydrogen-bond donors (Lipinski definition) is 0. The summed E-state index contributed by atoms with van der Waals surface area (Å²) < 4.78 is 2.17. The second-order valence-electron chi connectivity index (χ2n) is 6.13. The van der Waals surface area contributed by atoms with Crippen LogP contribution in [0, 0.1) is 6.92 Å². The fourth-order valence-electron chi connectivity index (χ4n) is 3.23. The number of amides is 1. The minimum atomic E-state index is 0.0613. The van der Waals surface area contributed by atoms with E-state index in [1.54, 1.807) is 6.07 Å². The van der Waals surface area contributed by atoms with Gasteiger partial charge in [-0.1, -0.05) is 17.7 Å². The predicted molar refractivity (Wildman–Crippen MR) is 92.0 cm³/mol. The molecule has 0 aliphatic carbocycles. The van der Waals surface area contributed by atoms with Crippen LogP contribution in [0.2, 0.25) is 5.02 Å². The summed E-state index contributed by atoms with van der Waals surface area (Å²) in [7, 11) is 0. The molecule has 0 spiro atoms. The maximum Gasteiger partial charge on any atom is 0.253 e. The number of piperidine rings is 1. The first-order valence-corrected chi connectivity index (χ1v) is 8.54.